The molecule has 0 amide bonds. The SMILES string of the molecule is CCCCCOCC(F)(F)F. The molecule has 0 aliphatic rings. The summed E-state index contributed by atoms with van der Waals surface area (Å²) in [7, 11) is 0. The predicted octanol–water partition coefficient (Wildman–Crippen LogP) is 2.76. The number of ether oxygens (including phenoxy) is 1. The van der Waals surface area contributed by atoms with E-state index in [9.17, 15) is 13.2 Å². The molecular formula is C7H13F3O. The molecule has 0 atom stereocenters. The van der Waals surface area contributed by atoms with Crippen LogP contribution in [0, 0.1) is 0 Å². The number of halogens is 3. The van der Waals surface area contributed by atoms with E-state index in [0.29, 0.717) is 6.42 Å². The van der Waals surface area contributed by atoms with Gasteiger partial charge in [0.2, 0.25) is 0 Å². The fourth-order valence-electron chi connectivity index (χ4n) is 0.642. The van der Waals surface area contributed by atoms with Crippen molar-refractivity contribution >= 4 is 0 Å². The van der Waals surface area contributed by atoms with E-state index in [2.05, 4.69) is 4.74 Å². The summed E-state index contributed by atoms with van der Waals surface area (Å²) >= 11 is 0. The average molecular weight is 170 g/mol. The van der Waals surface area contributed by atoms with Gasteiger partial charge in [-0.3, -0.25) is 0 Å². The number of hydrogen-bond acceptors (Lipinski definition) is 1. The van der Waals surface area contributed by atoms with Gasteiger partial charge in [-0.15, -0.1) is 0 Å². The second kappa shape index (κ2) is 5.41. The Labute approximate surface area is 64.5 Å². The van der Waals surface area contributed by atoms with Gasteiger partial charge in [0.15, 0.2) is 0 Å². The summed E-state index contributed by atoms with van der Waals surface area (Å²) in [6.45, 7) is 1.09. The highest BCUT2D eigenvalue weighted by molar-refractivity contribution is 4.45. The van der Waals surface area contributed by atoms with Gasteiger partial charge in [0.25, 0.3) is 0 Å². The first-order valence-electron chi connectivity index (χ1n) is 3.70. The van der Waals surface area contributed by atoms with Crippen molar-refractivity contribution in [2.45, 2.75) is 32.4 Å². The molecule has 0 aromatic carbocycles. The highest BCUT2D eigenvalue weighted by Crippen LogP contribution is 2.14. The molecule has 0 N–H and O–H groups in total. The maximum atomic E-state index is 11.4. The Balaban J connectivity index is 3.02. The normalized spacial score (nSPS) is 12.0. The minimum atomic E-state index is -4.17. The van der Waals surface area contributed by atoms with E-state index in [1.807, 2.05) is 6.92 Å². The lowest BCUT2D eigenvalue weighted by molar-refractivity contribution is -0.174. The van der Waals surface area contributed by atoms with E-state index < -0.39 is 12.8 Å². The molecule has 0 saturated heterocycles. The molecule has 0 aromatic rings. The average Bonchev–Trinajstić information content (AvgIpc) is 1.85. The van der Waals surface area contributed by atoms with Crippen molar-refractivity contribution in [2.24, 2.45) is 0 Å². The summed E-state index contributed by atoms with van der Waals surface area (Å²) in [6, 6.07) is 0. The van der Waals surface area contributed by atoms with E-state index in [4.69, 9.17) is 0 Å². The van der Waals surface area contributed by atoms with Crippen molar-refractivity contribution < 1.29 is 17.9 Å². The molecule has 0 heterocycles. The third-order valence-corrected chi connectivity index (χ3v) is 1.16. The fourth-order valence-corrected chi connectivity index (χ4v) is 0.642. The molecule has 0 saturated carbocycles. The number of alkyl halides is 3. The van der Waals surface area contributed by atoms with Crippen molar-refractivity contribution in [2.75, 3.05) is 13.2 Å². The Hall–Kier alpha value is -0.250. The molecule has 0 rings (SSSR count). The molecule has 68 valence electrons. The van der Waals surface area contributed by atoms with Crippen molar-refractivity contribution in [3.63, 3.8) is 0 Å². The van der Waals surface area contributed by atoms with Crippen LogP contribution in [-0.4, -0.2) is 19.4 Å². The number of rotatable bonds is 5. The maximum Gasteiger partial charge on any atom is 0.411 e. The van der Waals surface area contributed by atoms with Crippen LogP contribution >= 0.6 is 0 Å². The number of unbranched alkanes of at least 4 members (excludes halogenated alkanes) is 2. The molecule has 1 nitrogen and oxygen atoms in total. The van der Waals surface area contributed by atoms with Gasteiger partial charge in [0.05, 0.1) is 0 Å². The van der Waals surface area contributed by atoms with Gasteiger partial charge in [0.1, 0.15) is 6.61 Å². The Kier molecular flexibility index (Phi) is 5.28. The molecular weight excluding hydrogens is 157 g/mol. The van der Waals surface area contributed by atoms with Crippen LogP contribution in [0.3, 0.4) is 0 Å². The maximum absolute atomic E-state index is 11.4. The lowest BCUT2D eigenvalue weighted by atomic mass is 10.3. The van der Waals surface area contributed by atoms with Gasteiger partial charge < -0.3 is 4.74 Å². The highest BCUT2D eigenvalue weighted by Gasteiger charge is 2.26. The zero-order valence-electron chi connectivity index (χ0n) is 6.58. The second-order valence-corrected chi connectivity index (χ2v) is 2.37. The lowest BCUT2D eigenvalue weighted by Crippen LogP contribution is -2.17. The van der Waals surface area contributed by atoms with Gasteiger partial charge >= 0.3 is 6.18 Å². The standard InChI is InChI=1S/C7H13F3O/c1-2-3-4-5-11-6-7(8,9)10/h2-6H2,1H3. The van der Waals surface area contributed by atoms with E-state index >= 15 is 0 Å². The van der Waals surface area contributed by atoms with Gasteiger partial charge in [-0.05, 0) is 6.42 Å². The monoisotopic (exact) mass is 170 g/mol. The third-order valence-electron chi connectivity index (χ3n) is 1.16. The zero-order chi connectivity index (χ0) is 8.74. The highest BCUT2D eigenvalue weighted by atomic mass is 19.4. The van der Waals surface area contributed by atoms with Crippen LogP contribution in [0.15, 0.2) is 0 Å². The minimum absolute atomic E-state index is 0.216. The largest absolute Gasteiger partial charge is 0.411 e. The lowest BCUT2D eigenvalue weighted by Gasteiger charge is -2.06. The van der Waals surface area contributed by atoms with Crippen molar-refractivity contribution in [1.29, 1.82) is 0 Å². The summed E-state index contributed by atoms with van der Waals surface area (Å²) in [5.41, 5.74) is 0. The quantitative estimate of drug-likeness (QED) is 0.576. The molecule has 0 fully saturated rings. The van der Waals surface area contributed by atoms with E-state index in [1.54, 1.807) is 0 Å². The third kappa shape index (κ3) is 9.75. The van der Waals surface area contributed by atoms with Crippen LogP contribution in [0.5, 0.6) is 0 Å². The molecule has 0 radical (unpaired) electrons. The molecule has 0 aliphatic heterocycles. The molecule has 11 heavy (non-hydrogen) atoms. The van der Waals surface area contributed by atoms with Crippen molar-refractivity contribution in [1.82, 2.24) is 0 Å². The first kappa shape index (κ1) is 10.8. The Morgan fingerprint density at radius 2 is 1.82 bits per heavy atom. The molecule has 0 bridgehead atoms. The molecule has 0 aliphatic carbocycles. The fraction of sp³-hybridized carbons (Fsp3) is 1.00. The minimum Gasteiger partial charge on any atom is -0.372 e. The zero-order valence-corrected chi connectivity index (χ0v) is 6.58. The Bertz CT molecular complexity index is 90.2. The predicted molar refractivity (Wildman–Crippen MR) is 36.4 cm³/mol. The van der Waals surface area contributed by atoms with Crippen LogP contribution in [0.25, 0.3) is 0 Å². The molecule has 0 unspecified atom stereocenters. The second-order valence-electron chi connectivity index (χ2n) is 2.37. The smallest absolute Gasteiger partial charge is 0.372 e. The molecule has 4 heteroatoms. The summed E-state index contributed by atoms with van der Waals surface area (Å²) in [4.78, 5) is 0. The van der Waals surface area contributed by atoms with Gasteiger partial charge in [-0.1, -0.05) is 19.8 Å². The first-order valence-corrected chi connectivity index (χ1v) is 3.70. The van der Waals surface area contributed by atoms with Crippen LogP contribution in [0.1, 0.15) is 26.2 Å². The van der Waals surface area contributed by atoms with Crippen molar-refractivity contribution in [3.05, 3.63) is 0 Å². The van der Waals surface area contributed by atoms with Gasteiger partial charge in [-0.2, -0.15) is 13.2 Å². The summed E-state index contributed by atoms with van der Waals surface area (Å²) in [5.74, 6) is 0. The van der Waals surface area contributed by atoms with Crippen LogP contribution in [0.2, 0.25) is 0 Å². The van der Waals surface area contributed by atoms with E-state index in [1.165, 1.54) is 0 Å². The van der Waals surface area contributed by atoms with Crippen LogP contribution in [0.4, 0.5) is 13.2 Å². The van der Waals surface area contributed by atoms with E-state index in [-0.39, 0.29) is 6.61 Å². The first-order chi connectivity index (χ1) is 5.06. The molecule has 0 spiro atoms. The number of hydrogen-bond donors (Lipinski definition) is 0. The summed E-state index contributed by atoms with van der Waals surface area (Å²) in [6.07, 6.45) is -1.54. The topological polar surface area (TPSA) is 9.23 Å². The van der Waals surface area contributed by atoms with Crippen LogP contribution in [-0.2, 0) is 4.74 Å². The summed E-state index contributed by atoms with van der Waals surface area (Å²) < 4.78 is 38.7. The molecule has 0 aromatic heterocycles. The van der Waals surface area contributed by atoms with E-state index in [0.717, 1.165) is 12.8 Å². The van der Waals surface area contributed by atoms with Crippen molar-refractivity contribution in [3.8, 4) is 0 Å². The summed E-state index contributed by atoms with van der Waals surface area (Å²) in [5, 5.41) is 0. The van der Waals surface area contributed by atoms with Gasteiger partial charge in [0, 0.05) is 6.61 Å². The Morgan fingerprint density at radius 3 is 2.27 bits per heavy atom. The Morgan fingerprint density at radius 1 is 1.18 bits per heavy atom. The van der Waals surface area contributed by atoms with Gasteiger partial charge in [-0.25, -0.2) is 0 Å². The van der Waals surface area contributed by atoms with Crippen LogP contribution < -0.4 is 0 Å².